The number of nitrogens with zero attached hydrogens (tertiary/aromatic N) is 2. The number of amides is 1. The van der Waals surface area contributed by atoms with Gasteiger partial charge < -0.3 is 29.4 Å². The van der Waals surface area contributed by atoms with Crippen molar-refractivity contribution in [2.75, 3.05) is 56.2 Å². The highest BCUT2D eigenvalue weighted by atomic mass is 19.1. The van der Waals surface area contributed by atoms with Gasteiger partial charge in [-0.2, -0.15) is 0 Å². The molecule has 184 valence electrons. The van der Waals surface area contributed by atoms with E-state index < -0.39 is 17.7 Å². The molecule has 0 bridgehead atoms. The predicted octanol–water partition coefficient (Wildman–Crippen LogP) is 2.38. The zero-order chi connectivity index (χ0) is 24.5. The first kappa shape index (κ1) is 23.3. The number of anilines is 2. The van der Waals surface area contributed by atoms with E-state index in [-0.39, 0.29) is 42.0 Å². The van der Waals surface area contributed by atoms with Crippen LogP contribution in [-0.4, -0.2) is 68.0 Å². The van der Waals surface area contributed by atoms with E-state index in [0.29, 0.717) is 55.3 Å². The summed E-state index contributed by atoms with van der Waals surface area (Å²) in [5.41, 5.74) is 1.31. The molecular formula is C25H25F2N3O5. The van der Waals surface area contributed by atoms with Gasteiger partial charge in [0, 0.05) is 56.1 Å². The third-order valence-corrected chi connectivity index (χ3v) is 6.20. The van der Waals surface area contributed by atoms with E-state index in [1.54, 1.807) is 6.07 Å². The van der Waals surface area contributed by atoms with Crippen LogP contribution in [-0.2, 0) is 11.2 Å². The first-order chi connectivity index (χ1) is 16.9. The number of rotatable bonds is 6. The van der Waals surface area contributed by atoms with E-state index in [1.165, 1.54) is 29.2 Å². The lowest BCUT2D eigenvalue weighted by atomic mass is 10.0. The van der Waals surface area contributed by atoms with Crippen molar-refractivity contribution >= 4 is 28.4 Å². The lowest BCUT2D eigenvalue weighted by Gasteiger charge is -2.36. The molecule has 0 spiro atoms. The highest BCUT2D eigenvalue weighted by molar-refractivity contribution is 5.99. The Morgan fingerprint density at radius 2 is 1.77 bits per heavy atom. The summed E-state index contributed by atoms with van der Waals surface area (Å²) in [7, 11) is 0. The Bertz CT molecular complexity index is 1300. The Morgan fingerprint density at radius 1 is 1.06 bits per heavy atom. The summed E-state index contributed by atoms with van der Waals surface area (Å²) in [6.07, 6.45) is -0.218. The van der Waals surface area contributed by atoms with Crippen molar-refractivity contribution in [2.45, 2.75) is 12.5 Å². The number of aliphatic hydroxyl groups is 1. The SMILES string of the molecule is O=C(c1cc(CCNc2cc(F)cc(F)c2)c2oc(N3CCOCC3)cc(=O)c2c1)N1CC(O)C1. The van der Waals surface area contributed by atoms with Gasteiger partial charge in [0.25, 0.3) is 5.91 Å². The molecule has 2 aliphatic rings. The largest absolute Gasteiger partial charge is 0.440 e. The van der Waals surface area contributed by atoms with Crippen LogP contribution < -0.4 is 15.6 Å². The molecule has 1 amide bonds. The molecule has 0 unspecified atom stereocenters. The maximum Gasteiger partial charge on any atom is 0.254 e. The highest BCUT2D eigenvalue weighted by Crippen LogP contribution is 2.27. The Morgan fingerprint density at radius 3 is 2.46 bits per heavy atom. The van der Waals surface area contributed by atoms with E-state index in [2.05, 4.69) is 5.32 Å². The van der Waals surface area contributed by atoms with Crippen molar-refractivity contribution < 1.29 is 27.8 Å². The number of hydrogen-bond acceptors (Lipinski definition) is 7. The van der Waals surface area contributed by atoms with Crippen LogP contribution in [0.2, 0.25) is 0 Å². The van der Waals surface area contributed by atoms with Gasteiger partial charge in [0.1, 0.15) is 17.2 Å². The van der Waals surface area contributed by atoms with Gasteiger partial charge in [0.2, 0.25) is 0 Å². The zero-order valence-corrected chi connectivity index (χ0v) is 18.9. The predicted molar refractivity (Wildman–Crippen MR) is 126 cm³/mol. The topological polar surface area (TPSA) is 95.2 Å². The van der Waals surface area contributed by atoms with Gasteiger partial charge in [-0.3, -0.25) is 9.59 Å². The summed E-state index contributed by atoms with van der Waals surface area (Å²) in [5, 5.41) is 12.8. The number of aliphatic hydroxyl groups excluding tert-OH is 1. The van der Waals surface area contributed by atoms with Crippen LogP contribution in [0.5, 0.6) is 0 Å². The quantitative estimate of drug-likeness (QED) is 0.554. The van der Waals surface area contributed by atoms with E-state index in [9.17, 15) is 23.5 Å². The average molecular weight is 485 g/mol. The van der Waals surface area contributed by atoms with Crippen LogP contribution in [0.25, 0.3) is 11.0 Å². The number of benzene rings is 2. The zero-order valence-electron chi connectivity index (χ0n) is 18.9. The van der Waals surface area contributed by atoms with Gasteiger partial charge >= 0.3 is 0 Å². The minimum atomic E-state index is -0.691. The van der Waals surface area contributed by atoms with E-state index in [1.807, 2.05) is 4.90 Å². The maximum atomic E-state index is 13.5. The van der Waals surface area contributed by atoms with Crippen LogP contribution in [0.3, 0.4) is 0 Å². The summed E-state index contributed by atoms with van der Waals surface area (Å²) in [6, 6.07) is 7.79. The maximum absolute atomic E-state index is 13.5. The number of nitrogens with one attached hydrogen (secondary N) is 1. The van der Waals surface area contributed by atoms with Crippen LogP contribution >= 0.6 is 0 Å². The van der Waals surface area contributed by atoms with Crippen molar-refractivity contribution in [2.24, 2.45) is 0 Å². The summed E-state index contributed by atoms with van der Waals surface area (Å²) in [5.74, 6) is -1.24. The average Bonchev–Trinajstić information content (AvgIpc) is 2.81. The number of β-amino-alcohol motifs (C(OH)–C–C–N with tert-alkyl or cyclic N) is 1. The molecule has 0 saturated carbocycles. The second-order valence-electron chi connectivity index (χ2n) is 8.76. The van der Waals surface area contributed by atoms with Crippen molar-refractivity contribution in [1.82, 2.24) is 4.90 Å². The molecule has 1 aromatic heterocycles. The van der Waals surface area contributed by atoms with Crippen LogP contribution in [0.15, 0.2) is 45.6 Å². The lowest BCUT2D eigenvalue weighted by Crippen LogP contribution is -2.53. The summed E-state index contributed by atoms with van der Waals surface area (Å²) >= 11 is 0. The molecule has 2 fully saturated rings. The number of carbonyl (C=O) groups is 1. The molecule has 8 nitrogen and oxygen atoms in total. The molecule has 0 radical (unpaired) electrons. The van der Waals surface area contributed by atoms with Gasteiger partial charge in [-0.15, -0.1) is 0 Å². The molecule has 2 aromatic carbocycles. The molecule has 0 atom stereocenters. The van der Waals surface area contributed by atoms with Gasteiger partial charge in [-0.05, 0) is 36.2 Å². The fourth-order valence-electron chi connectivity index (χ4n) is 4.37. The molecule has 2 N–H and O–H groups in total. The number of carbonyl (C=O) groups excluding carboxylic acids is 1. The van der Waals surface area contributed by atoms with Crippen LogP contribution in [0, 0.1) is 11.6 Å². The molecule has 35 heavy (non-hydrogen) atoms. The Kier molecular flexibility index (Phi) is 6.40. The van der Waals surface area contributed by atoms with Crippen molar-refractivity contribution in [1.29, 1.82) is 0 Å². The minimum Gasteiger partial charge on any atom is -0.440 e. The van der Waals surface area contributed by atoms with Gasteiger partial charge in [-0.1, -0.05) is 0 Å². The minimum absolute atomic E-state index is 0.240. The molecule has 5 rings (SSSR count). The fourth-order valence-corrected chi connectivity index (χ4v) is 4.37. The van der Waals surface area contributed by atoms with Crippen molar-refractivity contribution in [3.8, 4) is 0 Å². The normalized spacial score (nSPS) is 16.4. The van der Waals surface area contributed by atoms with E-state index in [4.69, 9.17) is 9.15 Å². The van der Waals surface area contributed by atoms with Gasteiger partial charge in [0.15, 0.2) is 11.3 Å². The first-order valence-electron chi connectivity index (χ1n) is 11.5. The smallest absolute Gasteiger partial charge is 0.254 e. The lowest BCUT2D eigenvalue weighted by molar-refractivity contribution is 0.00590. The standard InChI is InChI=1S/C25H25F2N3O5/c26-17-9-18(27)11-19(10-17)28-2-1-15-7-16(25(33)30-13-20(31)14-30)8-21-22(32)12-23(35-24(15)21)29-3-5-34-6-4-29/h7-12,20,28,31H,1-6,13-14H2. The molecule has 2 aliphatic heterocycles. The number of likely N-dealkylation sites (tertiary alicyclic amines) is 1. The van der Waals surface area contributed by atoms with E-state index >= 15 is 0 Å². The van der Waals surface area contributed by atoms with Gasteiger partial charge in [0.05, 0.1) is 24.7 Å². The number of fused-ring (bicyclic) bond motifs is 1. The number of morpholine rings is 1. The second kappa shape index (κ2) is 9.63. The number of hydrogen-bond donors (Lipinski definition) is 2. The second-order valence-corrected chi connectivity index (χ2v) is 8.76. The molecule has 3 heterocycles. The number of halogens is 2. The van der Waals surface area contributed by atoms with Crippen molar-refractivity contribution in [3.05, 3.63) is 69.4 Å². The molecular weight excluding hydrogens is 460 g/mol. The van der Waals surface area contributed by atoms with Crippen LogP contribution in [0.1, 0.15) is 15.9 Å². The van der Waals surface area contributed by atoms with Crippen LogP contribution in [0.4, 0.5) is 20.4 Å². The highest BCUT2D eigenvalue weighted by Gasteiger charge is 2.30. The van der Waals surface area contributed by atoms with Crippen molar-refractivity contribution in [3.63, 3.8) is 0 Å². The van der Waals surface area contributed by atoms with Gasteiger partial charge in [-0.25, -0.2) is 8.78 Å². The Labute approximate surface area is 199 Å². The summed E-state index contributed by atoms with van der Waals surface area (Å²) < 4.78 is 38.6. The molecule has 2 saturated heterocycles. The third kappa shape index (κ3) is 4.98. The summed E-state index contributed by atoms with van der Waals surface area (Å²) in [6.45, 7) is 2.99. The first-order valence-corrected chi connectivity index (χ1v) is 11.5. The monoisotopic (exact) mass is 485 g/mol. The molecule has 3 aromatic rings. The third-order valence-electron chi connectivity index (χ3n) is 6.20. The fraction of sp³-hybridized carbons (Fsp3) is 0.360. The Balaban J connectivity index is 1.48. The Hall–Kier alpha value is -3.50. The van der Waals surface area contributed by atoms with E-state index in [0.717, 1.165) is 6.07 Å². The molecule has 0 aliphatic carbocycles. The molecule has 10 heteroatoms. The summed E-state index contributed by atoms with van der Waals surface area (Å²) in [4.78, 5) is 29.4. The number of ether oxygens (including phenoxy) is 1.